The van der Waals surface area contributed by atoms with E-state index in [0.29, 0.717) is 0 Å². The summed E-state index contributed by atoms with van der Waals surface area (Å²) in [5.41, 5.74) is 1.12. The Hall–Kier alpha value is 0.170. The SMILES string of the molecule is C=CC/C(CO)=C(/I)CCCC. The molecule has 0 bridgehead atoms. The van der Waals surface area contributed by atoms with Gasteiger partial charge in [-0.2, -0.15) is 0 Å². The quantitative estimate of drug-likeness (QED) is 0.583. The lowest BCUT2D eigenvalue weighted by molar-refractivity contribution is 0.328. The molecule has 0 aromatic rings. The van der Waals surface area contributed by atoms with Crippen molar-refractivity contribution in [2.24, 2.45) is 0 Å². The highest BCUT2D eigenvalue weighted by atomic mass is 127. The fourth-order valence-corrected chi connectivity index (χ4v) is 1.72. The molecule has 0 radical (unpaired) electrons. The number of halogens is 1. The summed E-state index contributed by atoms with van der Waals surface area (Å²) in [4.78, 5) is 0. The second kappa shape index (κ2) is 7.80. The van der Waals surface area contributed by atoms with Crippen LogP contribution in [0.25, 0.3) is 0 Å². The molecule has 0 aliphatic carbocycles. The van der Waals surface area contributed by atoms with E-state index < -0.39 is 0 Å². The average Bonchev–Trinajstić information content (AvgIpc) is 2.10. The molecule has 1 nitrogen and oxygen atoms in total. The summed E-state index contributed by atoms with van der Waals surface area (Å²) < 4.78 is 1.30. The molecule has 0 atom stereocenters. The van der Waals surface area contributed by atoms with Crippen LogP contribution in [0.3, 0.4) is 0 Å². The average molecular weight is 280 g/mol. The molecule has 0 rings (SSSR count). The van der Waals surface area contributed by atoms with Crippen LogP contribution in [0.4, 0.5) is 0 Å². The molecule has 0 heterocycles. The Kier molecular flexibility index (Phi) is 7.91. The van der Waals surface area contributed by atoms with Crippen molar-refractivity contribution in [2.45, 2.75) is 32.6 Å². The van der Waals surface area contributed by atoms with Crippen LogP contribution in [0.2, 0.25) is 0 Å². The van der Waals surface area contributed by atoms with Gasteiger partial charge in [0.1, 0.15) is 0 Å². The number of hydrogen-bond donors (Lipinski definition) is 1. The first kappa shape index (κ1) is 12.2. The van der Waals surface area contributed by atoms with Crippen molar-refractivity contribution in [2.75, 3.05) is 6.61 Å². The van der Waals surface area contributed by atoms with Crippen molar-refractivity contribution >= 4 is 22.6 Å². The van der Waals surface area contributed by atoms with E-state index in [9.17, 15) is 0 Å². The highest BCUT2D eigenvalue weighted by Crippen LogP contribution is 2.21. The van der Waals surface area contributed by atoms with Crippen LogP contribution in [0.15, 0.2) is 21.8 Å². The second-order valence-corrected chi connectivity index (χ2v) is 4.07. The summed E-state index contributed by atoms with van der Waals surface area (Å²) >= 11 is 2.32. The van der Waals surface area contributed by atoms with E-state index in [0.717, 1.165) is 18.4 Å². The standard InChI is InChI=1S/C10H17IO/c1-3-5-7-10(11)9(8-12)6-4-2/h4,12H,2-3,5-8H2,1H3/b10-9-. The summed E-state index contributed by atoms with van der Waals surface area (Å²) in [5.74, 6) is 0. The van der Waals surface area contributed by atoms with Gasteiger partial charge in [-0.15, -0.1) is 6.58 Å². The Bertz CT molecular complexity index is 161. The van der Waals surface area contributed by atoms with Gasteiger partial charge in [-0.3, -0.25) is 0 Å². The summed E-state index contributed by atoms with van der Waals surface area (Å²) in [7, 11) is 0. The van der Waals surface area contributed by atoms with E-state index in [1.807, 2.05) is 6.08 Å². The van der Waals surface area contributed by atoms with Gasteiger partial charge in [0.15, 0.2) is 0 Å². The van der Waals surface area contributed by atoms with Gasteiger partial charge in [-0.05, 0) is 51.0 Å². The van der Waals surface area contributed by atoms with Crippen LogP contribution in [0.1, 0.15) is 32.6 Å². The first-order chi connectivity index (χ1) is 5.76. The number of aliphatic hydroxyl groups excluding tert-OH is 1. The molecule has 0 aromatic heterocycles. The molecule has 0 amide bonds. The smallest absolute Gasteiger partial charge is 0.0654 e. The van der Waals surface area contributed by atoms with E-state index in [-0.39, 0.29) is 6.61 Å². The highest BCUT2D eigenvalue weighted by Gasteiger charge is 2.00. The van der Waals surface area contributed by atoms with Crippen LogP contribution >= 0.6 is 22.6 Å². The third-order valence-electron chi connectivity index (χ3n) is 1.72. The molecule has 1 N–H and O–H groups in total. The summed E-state index contributed by atoms with van der Waals surface area (Å²) in [6, 6.07) is 0. The van der Waals surface area contributed by atoms with Crippen molar-refractivity contribution in [1.29, 1.82) is 0 Å². The molecule has 0 saturated heterocycles. The van der Waals surface area contributed by atoms with Gasteiger partial charge < -0.3 is 5.11 Å². The third kappa shape index (κ3) is 4.93. The summed E-state index contributed by atoms with van der Waals surface area (Å²) in [6.45, 7) is 6.01. The van der Waals surface area contributed by atoms with E-state index >= 15 is 0 Å². The van der Waals surface area contributed by atoms with Crippen LogP contribution in [-0.2, 0) is 0 Å². The Morgan fingerprint density at radius 3 is 2.67 bits per heavy atom. The maximum absolute atomic E-state index is 9.02. The normalized spacial score (nSPS) is 12.6. The number of rotatable bonds is 6. The Morgan fingerprint density at radius 2 is 2.25 bits per heavy atom. The molecule has 0 spiro atoms. The van der Waals surface area contributed by atoms with E-state index in [4.69, 9.17) is 5.11 Å². The van der Waals surface area contributed by atoms with Crippen molar-refractivity contribution in [1.82, 2.24) is 0 Å². The van der Waals surface area contributed by atoms with Gasteiger partial charge >= 0.3 is 0 Å². The molecule has 0 aromatic carbocycles. The van der Waals surface area contributed by atoms with E-state index in [1.54, 1.807) is 0 Å². The number of allylic oxidation sites excluding steroid dienone is 2. The largest absolute Gasteiger partial charge is 0.392 e. The summed E-state index contributed by atoms with van der Waals surface area (Å²) in [6.07, 6.45) is 6.17. The minimum absolute atomic E-state index is 0.175. The molecule has 12 heavy (non-hydrogen) atoms. The molecule has 0 aliphatic rings. The van der Waals surface area contributed by atoms with Gasteiger partial charge in [-0.1, -0.05) is 19.4 Å². The van der Waals surface area contributed by atoms with Crippen LogP contribution in [-0.4, -0.2) is 11.7 Å². The molecular weight excluding hydrogens is 263 g/mol. The van der Waals surface area contributed by atoms with Gasteiger partial charge in [0.2, 0.25) is 0 Å². The monoisotopic (exact) mass is 280 g/mol. The van der Waals surface area contributed by atoms with Crippen LogP contribution in [0, 0.1) is 0 Å². The maximum atomic E-state index is 9.02. The van der Waals surface area contributed by atoms with Crippen LogP contribution in [0.5, 0.6) is 0 Å². The second-order valence-electron chi connectivity index (χ2n) is 2.76. The fraction of sp³-hybridized carbons (Fsp3) is 0.600. The molecule has 70 valence electrons. The third-order valence-corrected chi connectivity index (χ3v) is 3.02. The predicted molar refractivity (Wildman–Crippen MR) is 62.5 cm³/mol. The number of aliphatic hydroxyl groups is 1. The predicted octanol–water partition coefficient (Wildman–Crippen LogP) is 3.43. The van der Waals surface area contributed by atoms with E-state index in [2.05, 4.69) is 36.1 Å². The van der Waals surface area contributed by atoms with Crippen molar-refractivity contribution in [3.63, 3.8) is 0 Å². The molecule has 0 aliphatic heterocycles. The zero-order valence-corrected chi connectivity index (χ0v) is 9.80. The zero-order valence-electron chi connectivity index (χ0n) is 7.65. The molecule has 2 heteroatoms. The minimum atomic E-state index is 0.175. The Balaban J connectivity index is 4.06. The molecule has 0 unspecified atom stereocenters. The van der Waals surface area contributed by atoms with Crippen LogP contribution < -0.4 is 0 Å². The Morgan fingerprint density at radius 1 is 1.58 bits per heavy atom. The first-order valence-corrected chi connectivity index (χ1v) is 5.42. The van der Waals surface area contributed by atoms with Gasteiger partial charge in [0.05, 0.1) is 6.61 Å². The van der Waals surface area contributed by atoms with Gasteiger partial charge in [0, 0.05) is 0 Å². The van der Waals surface area contributed by atoms with Crippen molar-refractivity contribution in [3.05, 3.63) is 21.8 Å². The lowest BCUT2D eigenvalue weighted by Gasteiger charge is -2.05. The lowest BCUT2D eigenvalue weighted by atomic mass is 10.1. The van der Waals surface area contributed by atoms with Gasteiger partial charge in [-0.25, -0.2) is 0 Å². The topological polar surface area (TPSA) is 20.2 Å². The number of unbranched alkanes of at least 4 members (excludes halogenated alkanes) is 1. The molecule has 0 saturated carbocycles. The van der Waals surface area contributed by atoms with E-state index in [1.165, 1.54) is 16.4 Å². The highest BCUT2D eigenvalue weighted by molar-refractivity contribution is 14.1. The first-order valence-electron chi connectivity index (χ1n) is 4.34. The minimum Gasteiger partial charge on any atom is -0.392 e. The number of hydrogen-bond acceptors (Lipinski definition) is 1. The zero-order chi connectivity index (χ0) is 9.40. The maximum Gasteiger partial charge on any atom is 0.0654 e. The Labute approximate surface area is 88.7 Å². The fourth-order valence-electron chi connectivity index (χ4n) is 0.944. The molecule has 0 fully saturated rings. The molecular formula is C10H17IO. The van der Waals surface area contributed by atoms with Crippen molar-refractivity contribution < 1.29 is 5.11 Å². The van der Waals surface area contributed by atoms with Gasteiger partial charge in [0.25, 0.3) is 0 Å². The summed E-state index contributed by atoms with van der Waals surface area (Å²) in [5, 5.41) is 9.02. The lowest BCUT2D eigenvalue weighted by Crippen LogP contribution is -1.92. The van der Waals surface area contributed by atoms with Crippen molar-refractivity contribution in [3.8, 4) is 0 Å².